The lowest BCUT2D eigenvalue weighted by Crippen LogP contribution is -2.39. The van der Waals surface area contributed by atoms with Gasteiger partial charge in [0.2, 0.25) is 0 Å². The van der Waals surface area contributed by atoms with Crippen molar-refractivity contribution in [1.29, 1.82) is 5.26 Å². The Morgan fingerprint density at radius 3 is 2.75 bits per heavy atom. The number of aromatic nitrogens is 1. The molecule has 0 spiro atoms. The van der Waals surface area contributed by atoms with Crippen molar-refractivity contribution in [3.05, 3.63) is 53.6 Å². The lowest BCUT2D eigenvalue weighted by atomic mass is 10.1. The van der Waals surface area contributed by atoms with Gasteiger partial charge in [-0.15, -0.1) is 0 Å². The minimum absolute atomic E-state index is 0.117. The Bertz CT molecular complexity index is 1100. The van der Waals surface area contributed by atoms with Gasteiger partial charge < -0.3 is 9.47 Å². The molecular formula is C24H26N4O3S. The molecule has 2 heterocycles. The molecule has 1 saturated heterocycles. The second kappa shape index (κ2) is 10.6. The predicted molar refractivity (Wildman–Crippen MR) is 125 cm³/mol. The lowest BCUT2D eigenvalue weighted by Gasteiger charge is -2.27. The molecule has 0 bridgehead atoms. The molecule has 0 radical (unpaired) electrons. The maximum Gasteiger partial charge on any atom is 0.260 e. The molecule has 32 heavy (non-hydrogen) atoms. The molecule has 166 valence electrons. The maximum atomic E-state index is 13.5. The Morgan fingerprint density at radius 2 is 2.03 bits per heavy atom. The first-order chi connectivity index (χ1) is 15.7. The number of hydrogen-bond donors (Lipinski definition) is 0. The zero-order valence-corrected chi connectivity index (χ0v) is 18.9. The molecule has 0 unspecified atom stereocenters. The molecule has 1 aliphatic heterocycles. The summed E-state index contributed by atoms with van der Waals surface area (Å²) in [4.78, 5) is 22.4. The van der Waals surface area contributed by atoms with Gasteiger partial charge in [-0.1, -0.05) is 17.4 Å². The molecule has 2 aromatic carbocycles. The molecule has 0 aliphatic carbocycles. The second-order valence-electron chi connectivity index (χ2n) is 7.49. The number of carbonyl (C=O) groups is 1. The average molecular weight is 451 g/mol. The summed E-state index contributed by atoms with van der Waals surface area (Å²) in [7, 11) is 0. The molecule has 0 atom stereocenters. The predicted octanol–water partition coefficient (Wildman–Crippen LogP) is 3.94. The van der Waals surface area contributed by atoms with Crippen molar-refractivity contribution in [3.8, 4) is 11.8 Å². The SMILES string of the molecule is CCOc1cccc2sc(N(CCCN3CCOCC3)C(=O)c3ccc(C#N)cc3)nc12. The molecule has 0 saturated carbocycles. The van der Waals surface area contributed by atoms with Crippen molar-refractivity contribution >= 4 is 32.6 Å². The summed E-state index contributed by atoms with van der Waals surface area (Å²) in [5, 5.41) is 9.72. The summed E-state index contributed by atoms with van der Waals surface area (Å²) < 4.78 is 12.1. The van der Waals surface area contributed by atoms with Gasteiger partial charge in [0.1, 0.15) is 11.3 Å². The number of nitrogens with zero attached hydrogens (tertiary/aromatic N) is 4. The molecule has 4 rings (SSSR count). The van der Waals surface area contributed by atoms with E-state index in [9.17, 15) is 4.79 Å². The normalized spacial score (nSPS) is 14.2. The van der Waals surface area contributed by atoms with Crippen molar-refractivity contribution in [3.63, 3.8) is 0 Å². The van der Waals surface area contributed by atoms with E-state index in [2.05, 4.69) is 11.0 Å². The number of morpholine rings is 1. The number of ether oxygens (including phenoxy) is 2. The molecular weight excluding hydrogens is 424 g/mol. The van der Waals surface area contributed by atoms with Crippen LogP contribution in [0.25, 0.3) is 10.2 Å². The van der Waals surface area contributed by atoms with Crippen LogP contribution in [0, 0.1) is 11.3 Å². The third kappa shape index (κ3) is 5.07. The first kappa shape index (κ1) is 22.2. The van der Waals surface area contributed by atoms with Crippen LogP contribution in [-0.2, 0) is 4.74 Å². The van der Waals surface area contributed by atoms with Crippen molar-refractivity contribution in [2.75, 3.05) is 50.9 Å². The Kier molecular flexibility index (Phi) is 7.32. The number of thiazole rings is 1. The van der Waals surface area contributed by atoms with E-state index in [1.165, 1.54) is 11.3 Å². The number of nitriles is 1. The van der Waals surface area contributed by atoms with Crippen LogP contribution < -0.4 is 9.64 Å². The van der Waals surface area contributed by atoms with Crippen LogP contribution in [0.4, 0.5) is 5.13 Å². The fourth-order valence-corrected chi connectivity index (χ4v) is 4.71. The van der Waals surface area contributed by atoms with E-state index >= 15 is 0 Å². The highest BCUT2D eigenvalue weighted by molar-refractivity contribution is 7.22. The third-order valence-electron chi connectivity index (χ3n) is 5.37. The van der Waals surface area contributed by atoms with Crippen LogP contribution in [0.5, 0.6) is 5.75 Å². The fourth-order valence-electron chi connectivity index (χ4n) is 3.70. The van der Waals surface area contributed by atoms with Gasteiger partial charge in [-0.3, -0.25) is 14.6 Å². The van der Waals surface area contributed by atoms with E-state index in [0.717, 1.165) is 55.2 Å². The fraction of sp³-hybridized carbons (Fsp3) is 0.375. The molecule has 1 fully saturated rings. The minimum Gasteiger partial charge on any atom is -0.492 e. The largest absolute Gasteiger partial charge is 0.492 e. The first-order valence-electron chi connectivity index (χ1n) is 10.8. The Balaban J connectivity index is 1.60. The third-order valence-corrected chi connectivity index (χ3v) is 6.41. The Labute approximate surface area is 191 Å². The van der Waals surface area contributed by atoms with E-state index in [-0.39, 0.29) is 5.91 Å². The number of fused-ring (bicyclic) bond motifs is 1. The molecule has 0 N–H and O–H groups in total. The molecule has 3 aromatic rings. The van der Waals surface area contributed by atoms with Gasteiger partial charge >= 0.3 is 0 Å². The maximum absolute atomic E-state index is 13.5. The summed E-state index contributed by atoms with van der Waals surface area (Å²) in [5.74, 6) is 0.611. The number of anilines is 1. The molecule has 7 nitrogen and oxygen atoms in total. The molecule has 1 amide bonds. The van der Waals surface area contributed by atoms with Crippen LogP contribution in [0.15, 0.2) is 42.5 Å². The van der Waals surface area contributed by atoms with Crippen molar-refractivity contribution in [2.45, 2.75) is 13.3 Å². The van der Waals surface area contributed by atoms with Gasteiger partial charge in [0.05, 0.1) is 36.2 Å². The van der Waals surface area contributed by atoms with E-state index in [4.69, 9.17) is 19.7 Å². The smallest absolute Gasteiger partial charge is 0.260 e. The van der Waals surface area contributed by atoms with Gasteiger partial charge in [0, 0.05) is 31.7 Å². The van der Waals surface area contributed by atoms with Crippen LogP contribution in [0.2, 0.25) is 0 Å². The summed E-state index contributed by atoms with van der Waals surface area (Å²) in [6, 6.07) is 14.7. The Hall–Kier alpha value is -2.99. The monoisotopic (exact) mass is 450 g/mol. The number of rotatable bonds is 8. The summed E-state index contributed by atoms with van der Waals surface area (Å²) in [6.07, 6.45) is 0.830. The quantitative estimate of drug-likeness (QED) is 0.517. The molecule has 8 heteroatoms. The van der Waals surface area contributed by atoms with E-state index < -0.39 is 0 Å². The van der Waals surface area contributed by atoms with Gasteiger partial charge in [-0.05, 0) is 49.7 Å². The van der Waals surface area contributed by atoms with Crippen LogP contribution in [-0.4, -0.2) is 61.8 Å². The van der Waals surface area contributed by atoms with Crippen LogP contribution in [0.3, 0.4) is 0 Å². The van der Waals surface area contributed by atoms with Gasteiger partial charge in [0.15, 0.2) is 5.13 Å². The van der Waals surface area contributed by atoms with Crippen molar-refractivity contribution < 1.29 is 14.3 Å². The summed E-state index contributed by atoms with van der Waals surface area (Å²) in [6.45, 7) is 7.30. The average Bonchev–Trinajstić information content (AvgIpc) is 3.27. The number of para-hydroxylation sites is 1. The standard InChI is InChI=1S/C24H26N4O3S/c1-2-31-20-5-3-6-21-22(20)26-24(32-21)28(12-4-11-27-13-15-30-16-14-27)23(29)19-9-7-18(17-25)8-10-19/h3,5-10H,2,4,11-16H2,1H3. The van der Waals surface area contributed by atoms with Crippen molar-refractivity contribution in [1.82, 2.24) is 9.88 Å². The van der Waals surface area contributed by atoms with Crippen LogP contribution >= 0.6 is 11.3 Å². The number of carbonyl (C=O) groups excluding carboxylic acids is 1. The molecule has 1 aromatic heterocycles. The first-order valence-corrected chi connectivity index (χ1v) is 11.7. The van der Waals surface area contributed by atoms with Crippen LogP contribution in [0.1, 0.15) is 29.3 Å². The number of hydrogen-bond acceptors (Lipinski definition) is 7. The number of benzene rings is 2. The highest BCUT2D eigenvalue weighted by atomic mass is 32.1. The highest BCUT2D eigenvalue weighted by Crippen LogP contribution is 2.35. The topological polar surface area (TPSA) is 78.7 Å². The summed E-state index contributed by atoms with van der Waals surface area (Å²) in [5.41, 5.74) is 1.85. The zero-order valence-electron chi connectivity index (χ0n) is 18.1. The highest BCUT2D eigenvalue weighted by Gasteiger charge is 2.23. The zero-order chi connectivity index (χ0) is 22.3. The van der Waals surface area contributed by atoms with Gasteiger partial charge in [-0.2, -0.15) is 5.26 Å². The number of amides is 1. The van der Waals surface area contributed by atoms with E-state index in [1.54, 1.807) is 29.2 Å². The second-order valence-corrected chi connectivity index (χ2v) is 8.49. The lowest BCUT2D eigenvalue weighted by molar-refractivity contribution is 0.0376. The van der Waals surface area contributed by atoms with E-state index in [1.807, 2.05) is 25.1 Å². The van der Waals surface area contributed by atoms with E-state index in [0.29, 0.717) is 29.4 Å². The van der Waals surface area contributed by atoms with Crippen molar-refractivity contribution in [2.24, 2.45) is 0 Å². The minimum atomic E-state index is -0.117. The summed E-state index contributed by atoms with van der Waals surface area (Å²) >= 11 is 1.49. The Morgan fingerprint density at radius 1 is 1.25 bits per heavy atom. The molecule has 1 aliphatic rings. The van der Waals surface area contributed by atoms with Gasteiger partial charge in [-0.25, -0.2) is 4.98 Å². The van der Waals surface area contributed by atoms with Gasteiger partial charge in [0.25, 0.3) is 5.91 Å².